The van der Waals surface area contributed by atoms with Crippen molar-refractivity contribution >= 4 is 20.9 Å². The van der Waals surface area contributed by atoms with E-state index in [9.17, 15) is 8.42 Å². The molecule has 6 nitrogen and oxygen atoms in total. The molecule has 0 aliphatic rings. The largest absolute Gasteiger partial charge is 0.468 e. The summed E-state index contributed by atoms with van der Waals surface area (Å²) in [5.74, 6) is 0.566. The van der Waals surface area contributed by atoms with Crippen LogP contribution < -0.4 is 0 Å². The van der Waals surface area contributed by atoms with Crippen molar-refractivity contribution in [3.8, 4) is 0 Å². The molecule has 0 saturated heterocycles. The molecule has 3 heterocycles. The van der Waals surface area contributed by atoms with Crippen LogP contribution in [0.15, 0.2) is 82.7 Å². The molecule has 0 fully saturated rings. The number of pyridine rings is 2. The standard InChI is InChI=1S/C21H19N3O3S/c1-16-11-18-6-2-8-20(21(18)23-12-16)28(25,26)24(15-19-7-4-10-27-19)14-17-5-3-9-22-13-17/h2-13H,14-15H2,1H3. The first-order valence-corrected chi connectivity index (χ1v) is 10.2. The molecule has 0 aliphatic carbocycles. The van der Waals surface area contributed by atoms with Crippen LogP contribution in [0.25, 0.3) is 10.9 Å². The van der Waals surface area contributed by atoms with Crippen LogP contribution in [-0.4, -0.2) is 22.7 Å². The normalized spacial score (nSPS) is 11.9. The maximum Gasteiger partial charge on any atom is 0.245 e. The van der Waals surface area contributed by atoms with Crippen molar-refractivity contribution in [1.82, 2.24) is 14.3 Å². The predicted octanol–water partition coefficient (Wildman–Crippen LogP) is 3.92. The second-order valence-electron chi connectivity index (χ2n) is 6.55. The number of sulfonamides is 1. The molecule has 0 atom stereocenters. The van der Waals surface area contributed by atoms with Gasteiger partial charge in [-0.3, -0.25) is 9.97 Å². The molecule has 142 valence electrons. The summed E-state index contributed by atoms with van der Waals surface area (Å²) in [5.41, 5.74) is 2.23. The van der Waals surface area contributed by atoms with Crippen LogP contribution in [0.1, 0.15) is 16.9 Å². The summed E-state index contributed by atoms with van der Waals surface area (Å²) in [7, 11) is -3.83. The van der Waals surface area contributed by atoms with Crippen LogP contribution in [0.4, 0.5) is 0 Å². The van der Waals surface area contributed by atoms with Gasteiger partial charge in [0.2, 0.25) is 10.0 Å². The van der Waals surface area contributed by atoms with E-state index in [4.69, 9.17) is 4.42 Å². The Morgan fingerprint density at radius 1 is 1.04 bits per heavy atom. The summed E-state index contributed by atoms with van der Waals surface area (Å²) in [6.07, 6.45) is 6.53. The van der Waals surface area contributed by atoms with Gasteiger partial charge in [0, 0.05) is 30.5 Å². The predicted molar refractivity (Wildman–Crippen MR) is 106 cm³/mol. The minimum absolute atomic E-state index is 0.118. The van der Waals surface area contributed by atoms with E-state index in [1.165, 1.54) is 10.6 Å². The monoisotopic (exact) mass is 393 g/mol. The molecule has 0 saturated carbocycles. The Hall–Kier alpha value is -3.03. The van der Waals surface area contributed by atoms with Crippen LogP contribution in [0.3, 0.4) is 0 Å². The number of para-hydroxylation sites is 1. The first-order chi connectivity index (χ1) is 13.5. The molecule has 0 aliphatic heterocycles. The maximum atomic E-state index is 13.6. The van der Waals surface area contributed by atoms with Gasteiger partial charge in [-0.2, -0.15) is 4.31 Å². The lowest BCUT2D eigenvalue weighted by Gasteiger charge is -2.22. The van der Waals surface area contributed by atoms with E-state index < -0.39 is 10.0 Å². The van der Waals surface area contributed by atoms with E-state index in [2.05, 4.69) is 9.97 Å². The number of benzene rings is 1. The fourth-order valence-corrected chi connectivity index (χ4v) is 4.65. The molecule has 28 heavy (non-hydrogen) atoms. The molecule has 0 radical (unpaired) electrons. The van der Waals surface area contributed by atoms with E-state index in [1.807, 2.05) is 25.1 Å². The van der Waals surface area contributed by atoms with E-state index in [1.54, 1.807) is 48.9 Å². The first-order valence-electron chi connectivity index (χ1n) is 8.81. The van der Waals surface area contributed by atoms with Gasteiger partial charge in [0.25, 0.3) is 0 Å². The molecule has 1 aromatic carbocycles. The Morgan fingerprint density at radius 2 is 1.93 bits per heavy atom. The first kappa shape index (κ1) is 18.3. The molecular weight excluding hydrogens is 374 g/mol. The number of aromatic nitrogens is 2. The van der Waals surface area contributed by atoms with Crippen LogP contribution in [0.5, 0.6) is 0 Å². The summed E-state index contributed by atoms with van der Waals surface area (Å²) in [6.45, 7) is 2.23. The molecule has 0 bridgehead atoms. The van der Waals surface area contributed by atoms with E-state index in [-0.39, 0.29) is 18.0 Å². The molecule has 3 aromatic heterocycles. The number of aryl methyl sites for hydroxylation is 1. The Kier molecular flexibility index (Phi) is 4.93. The van der Waals surface area contributed by atoms with Gasteiger partial charge in [-0.1, -0.05) is 18.2 Å². The fraction of sp³-hybridized carbons (Fsp3) is 0.143. The summed E-state index contributed by atoms with van der Waals surface area (Å²) in [4.78, 5) is 8.66. The van der Waals surface area contributed by atoms with Gasteiger partial charge in [-0.25, -0.2) is 8.42 Å². The Morgan fingerprint density at radius 3 is 2.68 bits per heavy atom. The van der Waals surface area contributed by atoms with Crippen molar-refractivity contribution < 1.29 is 12.8 Å². The number of hydrogen-bond donors (Lipinski definition) is 0. The fourth-order valence-electron chi connectivity index (χ4n) is 3.09. The SMILES string of the molecule is Cc1cnc2c(S(=O)(=O)N(Cc3cccnc3)Cc3ccco3)cccc2c1. The van der Waals surface area contributed by atoms with Gasteiger partial charge in [-0.15, -0.1) is 0 Å². The highest BCUT2D eigenvalue weighted by Gasteiger charge is 2.28. The number of fused-ring (bicyclic) bond motifs is 1. The lowest BCUT2D eigenvalue weighted by atomic mass is 10.2. The molecule has 0 amide bonds. The summed E-state index contributed by atoms with van der Waals surface area (Å²) in [6, 6.07) is 14.3. The zero-order valence-corrected chi connectivity index (χ0v) is 16.1. The zero-order valence-electron chi connectivity index (χ0n) is 15.3. The van der Waals surface area contributed by atoms with Gasteiger partial charge in [0.15, 0.2) is 0 Å². The molecule has 4 aromatic rings. The highest BCUT2D eigenvalue weighted by molar-refractivity contribution is 7.89. The Labute approximate surface area is 163 Å². The van der Waals surface area contributed by atoms with Crippen molar-refractivity contribution in [3.05, 3.63) is 90.3 Å². The van der Waals surface area contributed by atoms with Crippen molar-refractivity contribution in [3.63, 3.8) is 0 Å². The molecule has 0 spiro atoms. The van der Waals surface area contributed by atoms with Crippen molar-refractivity contribution in [2.75, 3.05) is 0 Å². The lowest BCUT2D eigenvalue weighted by Crippen LogP contribution is -2.30. The Balaban J connectivity index is 1.80. The second kappa shape index (κ2) is 7.53. The van der Waals surface area contributed by atoms with Gasteiger partial charge >= 0.3 is 0 Å². The average Bonchev–Trinajstić information content (AvgIpc) is 3.21. The summed E-state index contributed by atoms with van der Waals surface area (Å²) in [5, 5.41) is 0.792. The third-order valence-corrected chi connectivity index (χ3v) is 6.25. The van der Waals surface area contributed by atoms with E-state index >= 15 is 0 Å². The van der Waals surface area contributed by atoms with Gasteiger partial charge < -0.3 is 4.42 Å². The highest BCUT2D eigenvalue weighted by Crippen LogP contribution is 2.27. The number of rotatable bonds is 6. The van der Waals surface area contributed by atoms with Crippen LogP contribution in [0, 0.1) is 6.92 Å². The average molecular weight is 393 g/mol. The minimum Gasteiger partial charge on any atom is -0.468 e. The second-order valence-corrected chi connectivity index (χ2v) is 8.46. The van der Waals surface area contributed by atoms with Gasteiger partial charge in [0.05, 0.1) is 18.3 Å². The molecule has 0 unspecified atom stereocenters. The molecular formula is C21H19N3O3S. The van der Waals surface area contributed by atoms with E-state index in [0.29, 0.717) is 11.3 Å². The highest BCUT2D eigenvalue weighted by atomic mass is 32.2. The van der Waals surface area contributed by atoms with Crippen LogP contribution >= 0.6 is 0 Å². The van der Waals surface area contributed by atoms with Gasteiger partial charge in [-0.05, 0) is 48.4 Å². The van der Waals surface area contributed by atoms with Crippen molar-refractivity contribution in [1.29, 1.82) is 0 Å². The summed E-state index contributed by atoms with van der Waals surface area (Å²) >= 11 is 0. The third kappa shape index (κ3) is 3.67. The maximum absolute atomic E-state index is 13.6. The molecule has 0 N–H and O–H groups in total. The van der Waals surface area contributed by atoms with Crippen LogP contribution in [-0.2, 0) is 23.1 Å². The van der Waals surface area contributed by atoms with Gasteiger partial charge in [0.1, 0.15) is 10.7 Å². The molecule has 7 heteroatoms. The zero-order chi connectivity index (χ0) is 19.6. The summed E-state index contributed by atoms with van der Waals surface area (Å²) < 4.78 is 34.0. The number of furan rings is 1. The smallest absolute Gasteiger partial charge is 0.245 e. The van der Waals surface area contributed by atoms with Crippen molar-refractivity contribution in [2.45, 2.75) is 24.9 Å². The van der Waals surface area contributed by atoms with E-state index in [0.717, 1.165) is 16.5 Å². The van der Waals surface area contributed by atoms with Crippen LogP contribution in [0.2, 0.25) is 0 Å². The lowest BCUT2D eigenvalue weighted by molar-refractivity contribution is 0.358. The quantitative estimate of drug-likeness (QED) is 0.496. The number of nitrogens with zero attached hydrogens (tertiary/aromatic N) is 3. The number of hydrogen-bond acceptors (Lipinski definition) is 5. The Bertz CT molecular complexity index is 1190. The third-order valence-electron chi connectivity index (χ3n) is 4.42. The minimum atomic E-state index is -3.83. The molecule has 4 rings (SSSR count). The van der Waals surface area contributed by atoms with Crippen molar-refractivity contribution in [2.24, 2.45) is 0 Å². The topological polar surface area (TPSA) is 76.3 Å².